The van der Waals surface area contributed by atoms with Gasteiger partial charge >= 0.3 is 0 Å². The number of rotatable bonds is 8. The van der Waals surface area contributed by atoms with E-state index in [9.17, 15) is 17.6 Å². The maximum absolute atomic E-state index is 14.4. The fourth-order valence-electron chi connectivity index (χ4n) is 2.92. The molecule has 2 N–H and O–H groups in total. The number of thioether (sulfide) groups is 1. The quantitative estimate of drug-likeness (QED) is 0.519. The van der Waals surface area contributed by atoms with Crippen molar-refractivity contribution in [3.8, 4) is 11.3 Å². The Balaban J connectivity index is 2.06. The van der Waals surface area contributed by atoms with Gasteiger partial charge in [-0.25, -0.2) is 16.8 Å². The van der Waals surface area contributed by atoms with Crippen LogP contribution in [-0.2, 0) is 21.4 Å². The van der Waals surface area contributed by atoms with Gasteiger partial charge in [0.2, 0.25) is 5.91 Å². The van der Waals surface area contributed by atoms with E-state index in [2.05, 4.69) is 10.6 Å². The minimum absolute atomic E-state index is 0.0635. The Labute approximate surface area is 179 Å². The topological polar surface area (TPSA) is 80.2 Å². The second-order valence-corrected chi connectivity index (χ2v) is 9.35. The van der Waals surface area contributed by atoms with E-state index in [0.29, 0.717) is 17.0 Å². The lowest BCUT2D eigenvalue weighted by atomic mass is 10.1. The molecule has 0 aliphatic rings. The molecule has 30 heavy (non-hydrogen) atoms. The van der Waals surface area contributed by atoms with Crippen LogP contribution in [0.1, 0.15) is 5.56 Å². The predicted octanol–water partition coefficient (Wildman–Crippen LogP) is 3.09. The Morgan fingerprint density at radius 3 is 2.57 bits per heavy atom. The Hall–Kier alpha value is -2.62. The molecule has 3 rings (SSSR count). The number of hydrogen-bond acceptors (Lipinski definition) is 5. The lowest BCUT2D eigenvalue weighted by Crippen LogP contribution is -2.19. The van der Waals surface area contributed by atoms with Gasteiger partial charge in [-0.3, -0.25) is 4.79 Å². The molecule has 0 aliphatic carbocycles. The van der Waals surface area contributed by atoms with Crippen molar-refractivity contribution in [1.82, 2.24) is 14.6 Å². The van der Waals surface area contributed by atoms with Crippen LogP contribution in [-0.4, -0.2) is 38.1 Å². The first-order valence-electron chi connectivity index (χ1n) is 9.16. The van der Waals surface area contributed by atoms with Crippen molar-refractivity contribution in [3.05, 3.63) is 72.2 Å². The molecule has 0 spiro atoms. The highest BCUT2D eigenvalue weighted by molar-refractivity contribution is 8.00. The van der Waals surface area contributed by atoms with Crippen molar-refractivity contribution in [1.29, 1.82) is 0 Å². The lowest BCUT2D eigenvalue weighted by molar-refractivity contribution is -0.118. The van der Waals surface area contributed by atoms with Crippen LogP contribution in [0.5, 0.6) is 0 Å². The number of amides is 1. The zero-order valence-corrected chi connectivity index (χ0v) is 18.2. The largest absolute Gasteiger partial charge is 0.358 e. The van der Waals surface area contributed by atoms with E-state index in [-0.39, 0.29) is 27.8 Å². The van der Waals surface area contributed by atoms with Crippen LogP contribution < -0.4 is 10.6 Å². The van der Waals surface area contributed by atoms with E-state index in [1.54, 1.807) is 50.5 Å². The molecule has 158 valence electrons. The predicted molar refractivity (Wildman–Crippen MR) is 116 cm³/mol. The summed E-state index contributed by atoms with van der Waals surface area (Å²) in [5, 5.41) is 5.51. The maximum atomic E-state index is 14.4. The smallest absolute Gasteiger partial charge is 0.268 e. The number of nitrogens with one attached hydrogen (secondary N) is 2. The van der Waals surface area contributed by atoms with Crippen LogP contribution in [0.25, 0.3) is 11.3 Å². The van der Waals surface area contributed by atoms with E-state index in [1.165, 1.54) is 36.2 Å². The molecule has 0 radical (unpaired) electrons. The fraction of sp³-hybridized carbons (Fsp3) is 0.190. The van der Waals surface area contributed by atoms with Crippen molar-refractivity contribution in [2.24, 2.45) is 0 Å². The van der Waals surface area contributed by atoms with Crippen molar-refractivity contribution in [2.75, 3.05) is 19.8 Å². The molecular weight excluding hydrogens is 425 g/mol. The number of carbonyl (C=O) groups excluding carboxylic acids is 1. The summed E-state index contributed by atoms with van der Waals surface area (Å²) in [6.45, 7) is 0.437. The maximum Gasteiger partial charge on any atom is 0.268 e. The molecule has 1 heterocycles. The van der Waals surface area contributed by atoms with Gasteiger partial charge in [0, 0.05) is 30.2 Å². The molecule has 1 amide bonds. The van der Waals surface area contributed by atoms with Gasteiger partial charge < -0.3 is 10.6 Å². The first-order chi connectivity index (χ1) is 14.4. The van der Waals surface area contributed by atoms with Gasteiger partial charge in [-0.05, 0) is 49.0 Å². The summed E-state index contributed by atoms with van der Waals surface area (Å²) in [5.74, 6) is -0.480. The first kappa shape index (κ1) is 22.1. The molecule has 0 atom stereocenters. The zero-order valence-electron chi connectivity index (χ0n) is 16.6. The summed E-state index contributed by atoms with van der Waals surface area (Å²) in [5.41, 5.74) is 1.17. The minimum atomic E-state index is -3.99. The van der Waals surface area contributed by atoms with Crippen LogP contribution in [0, 0.1) is 5.82 Å². The Kier molecular flexibility index (Phi) is 6.96. The molecule has 0 bridgehead atoms. The third-order valence-electron chi connectivity index (χ3n) is 4.38. The number of nitrogens with zero attached hydrogens (tertiary/aromatic N) is 1. The molecule has 0 unspecified atom stereocenters. The fourth-order valence-corrected chi connectivity index (χ4v) is 5.26. The second-order valence-electron chi connectivity index (χ2n) is 6.48. The van der Waals surface area contributed by atoms with E-state index in [0.717, 1.165) is 3.97 Å². The summed E-state index contributed by atoms with van der Waals surface area (Å²) < 4.78 is 42.4. The van der Waals surface area contributed by atoms with Crippen molar-refractivity contribution in [2.45, 2.75) is 16.3 Å². The van der Waals surface area contributed by atoms with E-state index < -0.39 is 15.8 Å². The van der Waals surface area contributed by atoms with Gasteiger partial charge in [-0.1, -0.05) is 18.2 Å². The molecule has 0 saturated carbocycles. The van der Waals surface area contributed by atoms with Crippen LogP contribution in [0.3, 0.4) is 0 Å². The van der Waals surface area contributed by atoms with Crippen LogP contribution in [0.2, 0.25) is 0 Å². The standard InChI is InChI=1S/C21H22FN3O3S2/c1-23-12-15-10-20(18-8-3-4-9-19(18)22)25(13-15)30(27,28)17-7-5-6-16(11-17)29-14-21(26)24-2/h3-11,13,23H,12,14H2,1-2H3,(H,24,26). The molecule has 1 aromatic heterocycles. The monoisotopic (exact) mass is 447 g/mol. The number of carbonyl (C=O) groups is 1. The first-order valence-corrected chi connectivity index (χ1v) is 11.6. The van der Waals surface area contributed by atoms with Gasteiger partial charge in [0.1, 0.15) is 5.82 Å². The summed E-state index contributed by atoms with van der Waals surface area (Å²) >= 11 is 1.24. The Bertz CT molecular complexity index is 1160. The molecule has 9 heteroatoms. The second kappa shape index (κ2) is 9.46. The van der Waals surface area contributed by atoms with Gasteiger partial charge in [0.05, 0.1) is 16.3 Å². The van der Waals surface area contributed by atoms with Crippen LogP contribution >= 0.6 is 11.8 Å². The highest BCUT2D eigenvalue weighted by Gasteiger charge is 2.23. The molecule has 0 aliphatic heterocycles. The van der Waals surface area contributed by atoms with Gasteiger partial charge in [-0.15, -0.1) is 11.8 Å². The Morgan fingerprint density at radius 2 is 1.87 bits per heavy atom. The third kappa shape index (κ3) is 4.75. The van der Waals surface area contributed by atoms with Crippen molar-refractivity contribution < 1.29 is 17.6 Å². The van der Waals surface area contributed by atoms with E-state index in [4.69, 9.17) is 0 Å². The highest BCUT2D eigenvalue weighted by Crippen LogP contribution is 2.30. The highest BCUT2D eigenvalue weighted by atomic mass is 32.2. The normalized spacial score (nSPS) is 11.4. The SMILES string of the molecule is CNCc1cc(-c2ccccc2F)n(S(=O)(=O)c2cccc(SCC(=O)NC)c2)c1. The molecule has 2 aromatic carbocycles. The van der Waals surface area contributed by atoms with Gasteiger partial charge in [0.15, 0.2) is 0 Å². The third-order valence-corrected chi connectivity index (χ3v) is 7.05. The molecule has 0 fully saturated rings. The average molecular weight is 448 g/mol. The van der Waals surface area contributed by atoms with E-state index >= 15 is 0 Å². The minimum Gasteiger partial charge on any atom is -0.358 e. The lowest BCUT2D eigenvalue weighted by Gasteiger charge is -2.12. The van der Waals surface area contributed by atoms with E-state index in [1.807, 2.05) is 0 Å². The Morgan fingerprint density at radius 1 is 1.10 bits per heavy atom. The van der Waals surface area contributed by atoms with Crippen LogP contribution in [0.4, 0.5) is 4.39 Å². The molecule has 3 aromatic rings. The number of benzene rings is 2. The summed E-state index contributed by atoms with van der Waals surface area (Å²) in [7, 11) is -0.694. The molecule has 0 saturated heterocycles. The van der Waals surface area contributed by atoms with Crippen LogP contribution in [0.15, 0.2) is 70.6 Å². The average Bonchev–Trinajstić information content (AvgIpc) is 3.17. The van der Waals surface area contributed by atoms with Gasteiger partial charge in [-0.2, -0.15) is 0 Å². The summed E-state index contributed by atoms with van der Waals surface area (Å²) in [4.78, 5) is 12.2. The summed E-state index contributed by atoms with van der Waals surface area (Å²) in [6, 6.07) is 14.1. The molecular formula is C21H22FN3O3S2. The molecule has 6 nitrogen and oxygen atoms in total. The van der Waals surface area contributed by atoms with Gasteiger partial charge in [0.25, 0.3) is 10.0 Å². The number of hydrogen-bond donors (Lipinski definition) is 2. The van der Waals surface area contributed by atoms with Crippen molar-refractivity contribution >= 4 is 27.7 Å². The summed E-state index contributed by atoms with van der Waals surface area (Å²) in [6.07, 6.45) is 1.50. The van der Waals surface area contributed by atoms with Crippen molar-refractivity contribution in [3.63, 3.8) is 0 Å². The zero-order chi connectivity index (χ0) is 21.7. The number of aromatic nitrogens is 1. The number of halogens is 1.